The molecule has 0 radical (unpaired) electrons. The Morgan fingerprint density at radius 1 is 1.47 bits per heavy atom. The maximum absolute atomic E-state index is 13.7. The van der Waals surface area contributed by atoms with E-state index >= 15 is 0 Å². The van der Waals surface area contributed by atoms with Crippen LogP contribution in [0.1, 0.15) is 24.0 Å². The number of nitrogens with zero attached hydrogens (tertiary/aromatic N) is 1. The van der Waals surface area contributed by atoms with Crippen LogP contribution in [-0.2, 0) is 6.54 Å². The molecule has 0 bridgehead atoms. The normalized spacial score (nSPS) is 11.8. The van der Waals surface area contributed by atoms with Gasteiger partial charge in [0.05, 0.1) is 0 Å². The second kappa shape index (κ2) is 8.77. The Hall–Kier alpha value is -1.27. The summed E-state index contributed by atoms with van der Waals surface area (Å²) in [7, 11) is 0. The van der Waals surface area contributed by atoms with Crippen LogP contribution >= 0.6 is 11.8 Å². The third-order valence-corrected chi connectivity index (χ3v) is 3.42. The first-order valence-electron chi connectivity index (χ1n) is 6.15. The number of unbranched alkanes of at least 4 members (excludes halogenated alkanes) is 1. The smallest absolute Gasteiger partial charge is 0.170 e. The van der Waals surface area contributed by atoms with Crippen LogP contribution in [0.4, 0.5) is 4.39 Å². The highest BCUT2D eigenvalue weighted by Crippen LogP contribution is 2.10. The van der Waals surface area contributed by atoms with E-state index in [1.54, 1.807) is 12.1 Å². The Kier molecular flexibility index (Phi) is 7.28. The number of benzene rings is 1. The van der Waals surface area contributed by atoms with Gasteiger partial charge in [0.1, 0.15) is 5.82 Å². The van der Waals surface area contributed by atoms with Crippen molar-refractivity contribution >= 4 is 17.6 Å². The molecule has 0 heterocycles. The number of thioether (sulfide) groups is 1. The number of amidine groups is 1. The SMILES string of the molecule is CSCCCCNCc1ccc(/C(N)=N/O)cc1F. The molecule has 0 amide bonds. The summed E-state index contributed by atoms with van der Waals surface area (Å²) in [5.41, 5.74) is 6.36. The molecule has 0 spiro atoms. The zero-order valence-corrected chi connectivity index (χ0v) is 11.8. The van der Waals surface area contributed by atoms with Crippen LogP contribution < -0.4 is 11.1 Å². The molecule has 0 aliphatic heterocycles. The summed E-state index contributed by atoms with van der Waals surface area (Å²) in [5, 5.41) is 14.6. The first-order valence-corrected chi connectivity index (χ1v) is 7.54. The van der Waals surface area contributed by atoms with Crippen LogP contribution in [0.2, 0.25) is 0 Å². The zero-order valence-electron chi connectivity index (χ0n) is 11.0. The van der Waals surface area contributed by atoms with Gasteiger partial charge in [-0.3, -0.25) is 0 Å². The van der Waals surface area contributed by atoms with Crippen molar-refractivity contribution in [2.24, 2.45) is 10.9 Å². The van der Waals surface area contributed by atoms with E-state index in [2.05, 4.69) is 16.7 Å². The minimum Gasteiger partial charge on any atom is -0.409 e. The quantitative estimate of drug-likeness (QED) is 0.225. The van der Waals surface area contributed by atoms with Crippen molar-refractivity contribution in [3.8, 4) is 0 Å². The largest absolute Gasteiger partial charge is 0.409 e. The van der Waals surface area contributed by atoms with E-state index in [1.165, 1.54) is 12.5 Å². The highest BCUT2D eigenvalue weighted by Gasteiger charge is 2.06. The molecule has 0 fully saturated rings. The number of hydrogen-bond donors (Lipinski definition) is 3. The van der Waals surface area contributed by atoms with Crippen molar-refractivity contribution in [2.45, 2.75) is 19.4 Å². The first-order chi connectivity index (χ1) is 9.19. The fourth-order valence-corrected chi connectivity index (χ4v) is 2.12. The lowest BCUT2D eigenvalue weighted by atomic mass is 10.1. The van der Waals surface area contributed by atoms with Crippen LogP contribution in [0.25, 0.3) is 0 Å². The molecule has 4 N–H and O–H groups in total. The standard InChI is InChI=1S/C13H20FN3OS/c1-19-7-3-2-6-16-9-11-5-4-10(8-12(11)14)13(15)17-18/h4-5,8,16,18H,2-3,6-7,9H2,1H3,(H2,15,17). The summed E-state index contributed by atoms with van der Waals surface area (Å²) >= 11 is 1.83. The van der Waals surface area contributed by atoms with Gasteiger partial charge in [0.2, 0.25) is 0 Å². The van der Waals surface area contributed by atoms with Crippen LogP contribution in [0.15, 0.2) is 23.4 Å². The number of hydrogen-bond acceptors (Lipinski definition) is 4. The molecule has 4 nitrogen and oxygen atoms in total. The van der Waals surface area contributed by atoms with E-state index in [9.17, 15) is 4.39 Å². The Bertz CT molecular complexity index is 426. The molecule has 0 saturated heterocycles. The van der Waals surface area contributed by atoms with E-state index in [4.69, 9.17) is 10.9 Å². The molecule has 0 saturated carbocycles. The van der Waals surface area contributed by atoms with Gasteiger partial charge in [-0.25, -0.2) is 4.39 Å². The summed E-state index contributed by atoms with van der Waals surface area (Å²) in [5.74, 6) is 0.723. The first kappa shape index (κ1) is 15.8. The minimum absolute atomic E-state index is 0.0875. The van der Waals surface area contributed by atoms with Crippen molar-refractivity contribution in [1.82, 2.24) is 5.32 Å². The average molecular weight is 285 g/mol. The molecular weight excluding hydrogens is 265 g/mol. The van der Waals surface area contributed by atoms with E-state index in [0.29, 0.717) is 17.7 Å². The molecule has 0 aromatic heterocycles. The third kappa shape index (κ3) is 5.48. The van der Waals surface area contributed by atoms with Crippen LogP contribution in [0.5, 0.6) is 0 Å². The van der Waals surface area contributed by atoms with Crippen LogP contribution in [0.3, 0.4) is 0 Å². The fourth-order valence-electron chi connectivity index (χ4n) is 1.63. The van der Waals surface area contributed by atoms with Crippen molar-refractivity contribution < 1.29 is 9.60 Å². The lowest BCUT2D eigenvalue weighted by molar-refractivity contribution is 0.318. The van der Waals surface area contributed by atoms with E-state index in [0.717, 1.165) is 18.7 Å². The van der Waals surface area contributed by atoms with Crippen molar-refractivity contribution in [2.75, 3.05) is 18.6 Å². The number of halogens is 1. The van der Waals surface area contributed by atoms with Crippen molar-refractivity contribution in [3.05, 3.63) is 35.1 Å². The van der Waals surface area contributed by atoms with Crippen molar-refractivity contribution in [1.29, 1.82) is 0 Å². The average Bonchev–Trinajstić information content (AvgIpc) is 2.43. The molecular formula is C13H20FN3OS. The van der Waals surface area contributed by atoms with Gasteiger partial charge in [-0.1, -0.05) is 17.3 Å². The topological polar surface area (TPSA) is 70.6 Å². The molecule has 0 atom stereocenters. The molecule has 0 unspecified atom stereocenters. The molecule has 0 aliphatic rings. The fraction of sp³-hybridized carbons (Fsp3) is 0.462. The summed E-state index contributed by atoms with van der Waals surface area (Å²) in [4.78, 5) is 0. The molecule has 1 rings (SSSR count). The summed E-state index contributed by atoms with van der Waals surface area (Å²) in [6.45, 7) is 1.36. The number of oxime groups is 1. The number of nitrogens with one attached hydrogen (secondary N) is 1. The second-order valence-electron chi connectivity index (χ2n) is 4.17. The summed E-state index contributed by atoms with van der Waals surface area (Å²) < 4.78 is 13.7. The lowest BCUT2D eigenvalue weighted by Crippen LogP contribution is -2.17. The van der Waals surface area contributed by atoms with Gasteiger partial charge in [-0.05, 0) is 37.5 Å². The number of rotatable bonds is 8. The minimum atomic E-state index is -0.347. The maximum Gasteiger partial charge on any atom is 0.170 e. The van der Waals surface area contributed by atoms with Gasteiger partial charge in [-0.2, -0.15) is 11.8 Å². The maximum atomic E-state index is 13.7. The Balaban J connectivity index is 2.43. The molecule has 1 aromatic rings. The Morgan fingerprint density at radius 3 is 2.89 bits per heavy atom. The van der Waals surface area contributed by atoms with Crippen LogP contribution in [0, 0.1) is 5.82 Å². The van der Waals surface area contributed by atoms with Gasteiger partial charge in [0.25, 0.3) is 0 Å². The van der Waals surface area contributed by atoms with E-state index < -0.39 is 0 Å². The summed E-state index contributed by atoms with van der Waals surface area (Å²) in [6.07, 6.45) is 4.34. The van der Waals surface area contributed by atoms with E-state index in [-0.39, 0.29) is 11.7 Å². The molecule has 1 aromatic carbocycles. The van der Waals surface area contributed by atoms with Gasteiger partial charge in [0.15, 0.2) is 5.84 Å². The Labute approximate surface area is 117 Å². The van der Waals surface area contributed by atoms with Crippen molar-refractivity contribution in [3.63, 3.8) is 0 Å². The second-order valence-corrected chi connectivity index (χ2v) is 5.15. The zero-order chi connectivity index (χ0) is 14.1. The lowest BCUT2D eigenvalue weighted by Gasteiger charge is -2.07. The third-order valence-electron chi connectivity index (χ3n) is 2.72. The molecule has 6 heteroatoms. The number of nitrogens with two attached hydrogens (primary N) is 1. The molecule has 0 aliphatic carbocycles. The van der Waals surface area contributed by atoms with Gasteiger partial charge < -0.3 is 16.3 Å². The highest BCUT2D eigenvalue weighted by molar-refractivity contribution is 7.98. The van der Waals surface area contributed by atoms with Crippen LogP contribution in [-0.4, -0.2) is 29.6 Å². The van der Waals surface area contributed by atoms with Gasteiger partial charge in [0, 0.05) is 17.7 Å². The molecule has 19 heavy (non-hydrogen) atoms. The highest BCUT2D eigenvalue weighted by atomic mass is 32.2. The predicted octanol–water partition coefficient (Wildman–Crippen LogP) is 2.15. The monoisotopic (exact) mass is 285 g/mol. The molecule has 106 valence electrons. The van der Waals surface area contributed by atoms with E-state index in [1.807, 2.05) is 11.8 Å². The van der Waals surface area contributed by atoms with Gasteiger partial charge >= 0.3 is 0 Å². The summed E-state index contributed by atoms with van der Waals surface area (Å²) in [6, 6.07) is 4.57. The predicted molar refractivity (Wildman–Crippen MR) is 78.2 cm³/mol. The Morgan fingerprint density at radius 2 is 2.26 bits per heavy atom. The van der Waals surface area contributed by atoms with Gasteiger partial charge in [-0.15, -0.1) is 0 Å².